The van der Waals surface area contributed by atoms with Crippen LogP contribution in [0.2, 0.25) is 0 Å². The zero-order valence-electron chi connectivity index (χ0n) is 49.7. The van der Waals surface area contributed by atoms with Crippen molar-refractivity contribution >= 4 is 17.5 Å². The number of fused-ring (bicyclic) bond motifs is 6. The number of amides is 2. The number of aromatic hydroxyl groups is 1. The number of hydrogen-bond donors (Lipinski definition) is 10. The number of methoxy groups -OCH3 is 1. The van der Waals surface area contributed by atoms with Gasteiger partial charge in [0.2, 0.25) is 5.75 Å². The molecule has 3 heterocycles. The number of likely N-dealkylation sites (N-methyl/N-ethyl adjacent to an activating group) is 2. The lowest BCUT2D eigenvalue weighted by Gasteiger charge is -2.66. The fourth-order valence-electron chi connectivity index (χ4n) is 17.7. The van der Waals surface area contributed by atoms with E-state index in [0.717, 1.165) is 66.3 Å². The highest BCUT2D eigenvalue weighted by molar-refractivity contribution is 6.17. The van der Waals surface area contributed by atoms with E-state index < -0.39 is 35.1 Å². The lowest BCUT2D eigenvalue weighted by molar-refractivity contribution is -0.158. The van der Waals surface area contributed by atoms with Gasteiger partial charge in [-0.3, -0.25) is 19.8 Å². The summed E-state index contributed by atoms with van der Waals surface area (Å²) in [5.41, 5.74) is 7.34. The van der Waals surface area contributed by atoms with Gasteiger partial charge in [-0.25, -0.2) is 0 Å². The average molecular weight is 1170 g/mol. The summed E-state index contributed by atoms with van der Waals surface area (Å²) in [5.74, 6) is 0.0984. The predicted octanol–water partition coefficient (Wildman–Crippen LogP) is 7.01. The molecular formula is C67H87N5O13. The van der Waals surface area contributed by atoms with Crippen LogP contribution in [0.4, 0.5) is 5.69 Å². The Morgan fingerprint density at radius 2 is 1.67 bits per heavy atom. The lowest BCUT2D eigenvalue weighted by atomic mass is 9.40. The number of nitrogens with one attached hydrogen (secondary N) is 4. The van der Waals surface area contributed by atoms with Crippen LogP contribution in [-0.4, -0.2) is 140 Å². The van der Waals surface area contributed by atoms with Gasteiger partial charge in [-0.2, -0.15) is 0 Å². The quantitative estimate of drug-likeness (QED) is 0.0192. The van der Waals surface area contributed by atoms with E-state index in [0.29, 0.717) is 110 Å². The number of imide groups is 1. The third-order valence-electron chi connectivity index (χ3n) is 21.4. The fraction of sp³-hybridized carbons (Fsp3) is 0.582. The molecule has 0 aromatic heterocycles. The van der Waals surface area contributed by atoms with Crippen molar-refractivity contribution < 1.29 is 63.9 Å². The number of hydrogen-bond acceptors (Lipinski definition) is 17. The van der Waals surface area contributed by atoms with E-state index in [9.17, 15) is 40.2 Å². The summed E-state index contributed by atoms with van der Waals surface area (Å²) in [6.45, 7) is 4.04. The molecule has 11 unspecified atom stereocenters. The van der Waals surface area contributed by atoms with Crippen LogP contribution in [-0.2, 0) is 27.8 Å². The average Bonchev–Trinajstić information content (AvgIpc) is 0.942. The smallest absolute Gasteiger partial charge is 0.258 e. The molecule has 8 aliphatic rings. The van der Waals surface area contributed by atoms with Gasteiger partial charge in [-0.1, -0.05) is 50.5 Å². The van der Waals surface area contributed by atoms with Crippen LogP contribution >= 0.6 is 0 Å². The van der Waals surface area contributed by atoms with Gasteiger partial charge in [0, 0.05) is 95.3 Å². The molecule has 0 saturated heterocycles. The van der Waals surface area contributed by atoms with Gasteiger partial charge in [0.25, 0.3) is 11.8 Å². The second kappa shape index (κ2) is 24.7. The number of aliphatic hydroxyl groups is 5. The van der Waals surface area contributed by atoms with E-state index in [-0.39, 0.29) is 111 Å². The lowest BCUT2D eigenvalue weighted by Crippen LogP contribution is -2.65. The van der Waals surface area contributed by atoms with Crippen LogP contribution in [0.3, 0.4) is 0 Å². The zero-order chi connectivity index (χ0) is 59.3. The Kier molecular flexibility index (Phi) is 17.2. The van der Waals surface area contributed by atoms with E-state index in [1.165, 1.54) is 18.7 Å². The Labute approximate surface area is 498 Å². The highest BCUT2D eigenvalue weighted by atomic mass is 16.5. The fourth-order valence-corrected chi connectivity index (χ4v) is 17.7. The molecule has 4 aromatic carbocycles. The largest absolute Gasteiger partial charge is 0.502 e. The van der Waals surface area contributed by atoms with E-state index in [1.54, 1.807) is 24.1 Å². The Hall–Kier alpha value is -5.96. The number of phenolic OH excluding ortho intramolecular Hbond substituents is 1. The van der Waals surface area contributed by atoms with Crippen LogP contribution in [0, 0.1) is 35.5 Å². The van der Waals surface area contributed by atoms with Gasteiger partial charge in [0.1, 0.15) is 30.6 Å². The molecule has 3 fully saturated rings. The molecule has 11 atom stereocenters. The zero-order valence-corrected chi connectivity index (χ0v) is 49.7. The maximum atomic E-state index is 14.7. The number of anilines is 1. The SMILES string of the molecule is CCNCOc1cc(OCCNC)c2c3c1C(O)Nc1cc4c(c(c1-3)CC2)C(O)C(c1cc(OC)c(O)c(OCC(CO)C23CC(C5(N6C(=O)C=C(CNC)C6=O)CCCCC5)CC5C(C(CO)CCCO)CC(CC52)c2ccccc23)c1)CO4. The van der Waals surface area contributed by atoms with Gasteiger partial charge >= 0.3 is 0 Å². The molecule has 85 heavy (non-hydrogen) atoms. The first-order chi connectivity index (χ1) is 41.4. The van der Waals surface area contributed by atoms with Crippen molar-refractivity contribution in [2.75, 3.05) is 92.5 Å². The van der Waals surface area contributed by atoms with E-state index in [2.05, 4.69) is 45.5 Å². The van der Waals surface area contributed by atoms with Crippen LogP contribution in [0.25, 0.3) is 11.1 Å². The van der Waals surface area contributed by atoms with Crippen molar-refractivity contribution in [3.05, 3.63) is 99.1 Å². The van der Waals surface area contributed by atoms with Gasteiger partial charge in [0.15, 0.2) is 17.7 Å². The molecule has 18 nitrogen and oxygen atoms in total. The van der Waals surface area contributed by atoms with Gasteiger partial charge < -0.3 is 70.3 Å². The summed E-state index contributed by atoms with van der Waals surface area (Å²) in [5, 5.41) is 83.2. The molecule has 18 heteroatoms. The number of phenols is 1. The first kappa shape index (κ1) is 59.4. The van der Waals surface area contributed by atoms with Crippen LogP contribution < -0.4 is 45.0 Å². The van der Waals surface area contributed by atoms with Gasteiger partial charge in [-0.05, 0) is 155 Å². The molecule has 12 rings (SSSR count). The monoisotopic (exact) mass is 1170 g/mol. The second-order valence-corrected chi connectivity index (χ2v) is 25.4. The molecular weight excluding hydrogens is 1080 g/mol. The Morgan fingerprint density at radius 1 is 0.871 bits per heavy atom. The minimum Gasteiger partial charge on any atom is -0.502 e. The number of carbonyl (C=O) groups excluding carboxylic acids is 2. The van der Waals surface area contributed by atoms with E-state index in [4.69, 9.17) is 23.7 Å². The highest BCUT2D eigenvalue weighted by Crippen LogP contribution is 2.69. The van der Waals surface area contributed by atoms with Crippen molar-refractivity contribution in [3.8, 4) is 45.6 Å². The number of benzene rings is 4. The molecule has 10 N–H and O–H groups in total. The molecule has 5 aliphatic carbocycles. The third-order valence-corrected chi connectivity index (χ3v) is 21.4. The molecule has 4 aromatic rings. The first-order valence-corrected chi connectivity index (χ1v) is 31.3. The van der Waals surface area contributed by atoms with Crippen molar-refractivity contribution in [2.45, 2.75) is 126 Å². The Balaban J connectivity index is 0.919. The van der Waals surface area contributed by atoms with Gasteiger partial charge in [0.05, 0.1) is 44.1 Å². The molecule has 3 aliphatic heterocycles. The molecule has 458 valence electrons. The summed E-state index contributed by atoms with van der Waals surface area (Å²) >= 11 is 0. The van der Waals surface area contributed by atoms with Crippen molar-refractivity contribution in [2.24, 2.45) is 35.5 Å². The van der Waals surface area contributed by atoms with Crippen LogP contribution in [0.15, 0.2) is 60.2 Å². The standard InChI is InChI=1S/C67H87N5O13/c1-5-70-36-85-54-29-52(82-21-19-68-2)44-15-16-45-58-51(71-64(79)61(54)60(44)58)28-53-59(45)62(77)48(35-84-53)39-24-55(81-4)63(78)56(25-39)83-34-42(33-75)67-30-41(66(17-9-6-10-18-66)72-57(76)26-40(31-69-3)65(72)80)27-47-46(37(32-74)12-11-20-73)22-38(23-50(47)67)43-13-7-8-14-49(43)67/h7-8,13-14,24-26,28-29,37-38,41-42,46-48,50,62,64,68-71,73-75,77-79H,5-6,9-12,15-23,27,30-36H2,1-4H3. The summed E-state index contributed by atoms with van der Waals surface area (Å²) < 4.78 is 32.2. The summed E-state index contributed by atoms with van der Waals surface area (Å²) in [4.78, 5) is 30.8. The van der Waals surface area contributed by atoms with E-state index in [1.807, 2.05) is 26.1 Å². The molecule has 0 radical (unpaired) electrons. The van der Waals surface area contributed by atoms with E-state index >= 15 is 0 Å². The highest BCUT2D eigenvalue weighted by Gasteiger charge is 2.65. The first-order valence-electron chi connectivity index (χ1n) is 31.3. The number of rotatable bonds is 24. The maximum absolute atomic E-state index is 14.7. The molecule has 2 bridgehead atoms. The van der Waals surface area contributed by atoms with Crippen molar-refractivity contribution in [1.82, 2.24) is 20.9 Å². The topological polar surface area (TPSA) is 253 Å². The number of ether oxygens (including phenoxy) is 5. The number of aliphatic hydroxyl groups excluding tert-OH is 5. The van der Waals surface area contributed by atoms with Crippen molar-refractivity contribution in [3.63, 3.8) is 0 Å². The molecule has 2 amide bonds. The summed E-state index contributed by atoms with van der Waals surface area (Å²) in [6.07, 6.45) is 8.83. The predicted molar refractivity (Wildman–Crippen MR) is 320 cm³/mol. The maximum Gasteiger partial charge on any atom is 0.258 e. The Bertz CT molecular complexity index is 3180. The number of nitrogens with zero attached hydrogens (tertiary/aromatic N) is 1. The van der Waals surface area contributed by atoms with Crippen molar-refractivity contribution in [1.29, 1.82) is 0 Å². The third kappa shape index (κ3) is 10.0. The minimum absolute atomic E-state index is 0.0169. The summed E-state index contributed by atoms with van der Waals surface area (Å²) in [6, 6.07) is 15.8. The Morgan fingerprint density at radius 3 is 2.42 bits per heavy atom. The van der Waals surface area contributed by atoms with Crippen LogP contribution in [0.5, 0.6) is 34.5 Å². The summed E-state index contributed by atoms with van der Waals surface area (Å²) in [7, 11) is 5.13. The second-order valence-electron chi connectivity index (χ2n) is 25.4. The normalized spacial score (nSPS) is 27.4. The van der Waals surface area contributed by atoms with Crippen LogP contribution in [0.1, 0.15) is 141 Å². The molecule has 0 spiro atoms. The molecule has 3 saturated carbocycles. The van der Waals surface area contributed by atoms with Gasteiger partial charge in [-0.15, -0.1) is 0 Å². The minimum atomic E-state index is -1.09. The number of carbonyl (C=O) groups is 2.